The molecular weight excluding hydrogens is 192 g/mol. The third-order valence-electron chi connectivity index (χ3n) is 1.78. The van der Waals surface area contributed by atoms with E-state index in [1.165, 1.54) is 0 Å². The van der Waals surface area contributed by atoms with E-state index in [2.05, 4.69) is 15.6 Å². The molecule has 1 amide bonds. The Balaban J connectivity index is 2.52. The predicted octanol–water partition coefficient (Wildman–Crippen LogP) is 0.801. The highest BCUT2D eigenvalue weighted by Crippen LogP contribution is 2.09. The van der Waals surface area contributed by atoms with Crippen molar-refractivity contribution >= 4 is 17.4 Å². The molecule has 0 aliphatic carbocycles. The van der Waals surface area contributed by atoms with Crippen LogP contribution in [-0.2, 0) is 4.79 Å². The first kappa shape index (κ1) is 11.5. The monoisotopic (exact) mass is 208 g/mol. The first-order valence-electron chi connectivity index (χ1n) is 4.96. The van der Waals surface area contributed by atoms with E-state index in [9.17, 15) is 4.79 Å². The molecule has 0 aliphatic rings. The van der Waals surface area contributed by atoms with Crippen LogP contribution in [0.4, 0.5) is 11.5 Å². The SMILES string of the molecule is CCNc1ccc(NC(=O)CCN)nc1. The minimum Gasteiger partial charge on any atom is -0.384 e. The van der Waals surface area contributed by atoms with Crippen molar-refractivity contribution in [3.63, 3.8) is 0 Å². The molecule has 0 radical (unpaired) electrons. The van der Waals surface area contributed by atoms with Gasteiger partial charge in [-0.25, -0.2) is 4.98 Å². The van der Waals surface area contributed by atoms with Crippen LogP contribution in [0.1, 0.15) is 13.3 Å². The van der Waals surface area contributed by atoms with Gasteiger partial charge in [-0.15, -0.1) is 0 Å². The maximum absolute atomic E-state index is 11.2. The fraction of sp³-hybridized carbons (Fsp3) is 0.400. The van der Waals surface area contributed by atoms with Gasteiger partial charge in [-0.2, -0.15) is 0 Å². The number of nitrogens with one attached hydrogen (secondary N) is 2. The number of aromatic nitrogens is 1. The van der Waals surface area contributed by atoms with Gasteiger partial charge in [0, 0.05) is 19.5 Å². The number of hydrogen-bond donors (Lipinski definition) is 3. The predicted molar refractivity (Wildman–Crippen MR) is 60.7 cm³/mol. The molecule has 0 aliphatic heterocycles. The van der Waals surface area contributed by atoms with Crippen molar-refractivity contribution in [2.75, 3.05) is 23.7 Å². The van der Waals surface area contributed by atoms with Crippen LogP contribution in [0.5, 0.6) is 0 Å². The lowest BCUT2D eigenvalue weighted by atomic mass is 10.3. The van der Waals surface area contributed by atoms with Crippen molar-refractivity contribution < 1.29 is 4.79 Å². The lowest BCUT2D eigenvalue weighted by molar-refractivity contribution is -0.116. The van der Waals surface area contributed by atoms with E-state index in [-0.39, 0.29) is 5.91 Å². The summed E-state index contributed by atoms with van der Waals surface area (Å²) in [5.41, 5.74) is 6.19. The number of nitrogens with two attached hydrogens (primary N) is 1. The van der Waals surface area contributed by atoms with E-state index in [1.54, 1.807) is 12.3 Å². The Labute approximate surface area is 89.1 Å². The first-order chi connectivity index (χ1) is 7.26. The summed E-state index contributed by atoms with van der Waals surface area (Å²) in [5, 5.41) is 5.77. The fourth-order valence-electron chi connectivity index (χ4n) is 1.11. The number of rotatable bonds is 5. The molecule has 5 nitrogen and oxygen atoms in total. The zero-order valence-corrected chi connectivity index (χ0v) is 8.79. The average molecular weight is 208 g/mol. The van der Waals surface area contributed by atoms with Crippen molar-refractivity contribution in [1.29, 1.82) is 0 Å². The molecule has 1 aromatic rings. The molecule has 1 rings (SSSR count). The Morgan fingerprint density at radius 3 is 2.87 bits per heavy atom. The second-order valence-electron chi connectivity index (χ2n) is 3.05. The number of pyridine rings is 1. The largest absolute Gasteiger partial charge is 0.384 e. The summed E-state index contributed by atoms with van der Waals surface area (Å²) in [7, 11) is 0. The van der Waals surface area contributed by atoms with Crippen molar-refractivity contribution in [2.45, 2.75) is 13.3 Å². The molecule has 0 unspecified atom stereocenters. The molecular formula is C10H16N4O. The molecule has 0 atom stereocenters. The summed E-state index contributed by atoms with van der Waals surface area (Å²) in [5.74, 6) is 0.441. The maximum atomic E-state index is 11.2. The normalized spacial score (nSPS) is 9.73. The van der Waals surface area contributed by atoms with Crippen molar-refractivity contribution in [3.05, 3.63) is 18.3 Å². The number of hydrogen-bond acceptors (Lipinski definition) is 4. The number of carbonyl (C=O) groups excluding carboxylic acids is 1. The van der Waals surface area contributed by atoms with Crippen molar-refractivity contribution in [1.82, 2.24) is 4.98 Å². The molecule has 0 spiro atoms. The third-order valence-corrected chi connectivity index (χ3v) is 1.78. The van der Waals surface area contributed by atoms with Crippen LogP contribution < -0.4 is 16.4 Å². The zero-order chi connectivity index (χ0) is 11.1. The van der Waals surface area contributed by atoms with Gasteiger partial charge in [0.2, 0.25) is 5.91 Å². The Morgan fingerprint density at radius 1 is 1.53 bits per heavy atom. The van der Waals surface area contributed by atoms with Gasteiger partial charge in [0.15, 0.2) is 0 Å². The lowest BCUT2D eigenvalue weighted by Crippen LogP contribution is -2.16. The topological polar surface area (TPSA) is 80.0 Å². The highest BCUT2D eigenvalue weighted by atomic mass is 16.1. The molecule has 1 heterocycles. The van der Waals surface area contributed by atoms with Crippen LogP contribution >= 0.6 is 0 Å². The molecule has 0 saturated carbocycles. The van der Waals surface area contributed by atoms with Gasteiger partial charge in [0.25, 0.3) is 0 Å². The summed E-state index contributed by atoms with van der Waals surface area (Å²) >= 11 is 0. The Bertz CT molecular complexity index is 310. The number of nitrogens with zero attached hydrogens (tertiary/aromatic N) is 1. The molecule has 5 heteroatoms. The summed E-state index contributed by atoms with van der Waals surface area (Å²) in [6.45, 7) is 3.21. The molecule has 15 heavy (non-hydrogen) atoms. The molecule has 4 N–H and O–H groups in total. The van der Waals surface area contributed by atoms with Gasteiger partial charge >= 0.3 is 0 Å². The standard InChI is InChI=1S/C10H16N4O/c1-2-12-8-3-4-9(13-7-8)14-10(15)5-6-11/h3-4,7,12H,2,5-6,11H2,1H3,(H,13,14,15). The second-order valence-corrected chi connectivity index (χ2v) is 3.05. The van der Waals surface area contributed by atoms with E-state index < -0.39 is 0 Å². The second kappa shape index (κ2) is 5.98. The number of anilines is 2. The van der Waals surface area contributed by atoms with E-state index in [0.29, 0.717) is 18.8 Å². The number of amides is 1. The van der Waals surface area contributed by atoms with Gasteiger partial charge in [0.1, 0.15) is 5.82 Å². The summed E-state index contributed by atoms with van der Waals surface area (Å²) < 4.78 is 0. The molecule has 0 aromatic carbocycles. The third kappa shape index (κ3) is 3.95. The Kier molecular flexibility index (Phi) is 4.56. The highest BCUT2D eigenvalue weighted by Gasteiger charge is 2.01. The summed E-state index contributed by atoms with van der Waals surface area (Å²) in [6.07, 6.45) is 2.00. The molecule has 1 aromatic heterocycles. The van der Waals surface area contributed by atoms with Gasteiger partial charge in [-0.1, -0.05) is 0 Å². The van der Waals surface area contributed by atoms with Gasteiger partial charge in [0.05, 0.1) is 11.9 Å². The van der Waals surface area contributed by atoms with E-state index >= 15 is 0 Å². The molecule has 82 valence electrons. The van der Waals surface area contributed by atoms with Crippen LogP contribution in [0.3, 0.4) is 0 Å². The van der Waals surface area contributed by atoms with Crippen molar-refractivity contribution in [3.8, 4) is 0 Å². The smallest absolute Gasteiger partial charge is 0.226 e. The van der Waals surface area contributed by atoms with E-state index in [1.807, 2.05) is 13.0 Å². The van der Waals surface area contributed by atoms with E-state index in [4.69, 9.17) is 5.73 Å². The average Bonchev–Trinajstić information content (AvgIpc) is 2.22. The van der Waals surface area contributed by atoms with Crippen LogP contribution in [0.15, 0.2) is 18.3 Å². The van der Waals surface area contributed by atoms with E-state index in [0.717, 1.165) is 12.2 Å². The maximum Gasteiger partial charge on any atom is 0.226 e. The van der Waals surface area contributed by atoms with Crippen LogP contribution in [0.2, 0.25) is 0 Å². The minimum atomic E-state index is -0.110. The summed E-state index contributed by atoms with van der Waals surface area (Å²) in [4.78, 5) is 15.3. The Morgan fingerprint density at radius 2 is 2.33 bits per heavy atom. The summed E-state index contributed by atoms with van der Waals surface area (Å²) in [6, 6.07) is 3.63. The van der Waals surface area contributed by atoms with Gasteiger partial charge < -0.3 is 16.4 Å². The molecule has 0 saturated heterocycles. The van der Waals surface area contributed by atoms with Gasteiger partial charge in [-0.05, 0) is 19.1 Å². The van der Waals surface area contributed by atoms with Crippen LogP contribution in [0, 0.1) is 0 Å². The van der Waals surface area contributed by atoms with Crippen molar-refractivity contribution in [2.24, 2.45) is 5.73 Å². The van der Waals surface area contributed by atoms with Crippen LogP contribution in [-0.4, -0.2) is 24.0 Å². The zero-order valence-electron chi connectivity index (χ0n) is 8.79. The molecule has 0 bridgehead atoms. The van der Waals surface area contributed by atoms with Gasteiger partial charge in [-0.3, -0.25) is 4.79 Å². The fourth-order valence-corrected chi connectivity index (χ4v) is 1.11. The molecule has 0 fully saturated rings. The lowest BCUT2D eigenvalue weighted by Gasteiger charge is -2.05. The minimum absolute atomic E-state index is 0.110. The first-order valence-corrected chi connectivity index (χ1v) is 4.96. The van der Waals surface area contributed by atoms with Crippen LogP contribution in [0.25, 0.3) is 0 Å². The number of carbonyl (C=O) groups is 1. The highest BCUT2D eigenvalue weighted by molar-refractivity contribution is 5.89. The Hall–Kier alpha value is -1.62. The quantitative estimate of drug-likeness (QED) is 0.668.